The van der Waals surface area contributed by atoms with Gasteiger partial charge in [0.15, 0.2) is 5.82 Å². The summed E-state index contributed by atoms with van der Waals surface area (Å²) in [6, 6.07) is 7.46. The van der Waals surface area contributed by atoms with Gasteiger partial charge in [-0.1, -0.05) is 11.6 Å². The SMILES string of the molecule is CC(C)(C)OC(=O)N1CCC(c2nc(-c3ccc(Cl)cc3)n[nH]2)CC1. The van der Waals surface area contributed by atoms with Crippen LogP contribution >= 0.6 is 11.6 Å². The number of benzene rings is 1. The highest BCUT2D eigenvalue weighted by molar-refractivity contribution is 6.30. The van der Waals surface area contributed by atoms with Crippen LogP contribution < -0.4 is 0 Å². The average molecular weight is 363 g/mol. The van der Waals surface area contributed by atoms with Crippen LogP contribution in [-0.2, 0) is 4.74 Å². The number of piperidine rings is 1. The predicted octanol–water partition coefficient (Wildman–Crippen LogP) is 4.24. The number of rotatable bonds is 2. The summed E-state index contributed by atoms with van der Waals surface area (Å²) in [6.07, 6.45) is 1.44. The third-order valence-electron chi connectivity index (χ3n) is 4.14. The highest BCUT2D eigenvalue weighted by atomic mass is 35.5. The van der Waals surface area contributed by atoms with Crippen molar-refractivity contribution in [2.45, 2.75) is 45.1 Å². The van der Waals surface area contributed by atoms with Crippen LogP contribution in [0.3, 0.4) is 0 Å². The minimum atomic E-state index is -0.466. The van der Waals surface area contributed by atoms with Gasteiger partial charge in [-0.25, -0.2) is 9.78 Å². The first kappa shape index (κ1) is 17.7. The maximum Gasteiger partial charge on any atom is 0.410 e. The molecule has 0 radical (unpaired) electrons. The molecule has 7 heteroatoms. The number of carbonyl (C=O) groups excluding carboxylic acids is 1. The number of hydrogen-bond donors (Lipinski definition) is 1. The van der Waals surface area contributed by atoms with Crippen molar-refractivity contribution in [2.24, 2.45) is 0 Å². The Morgan fingerprint density at radius 1 is 1.24 bits per heavy atom. The molecule has 6 nitrogen and oxygen atoms in total. The maximum absolute atomic E-state index is 12.1. The van der Waals surface area contributed by atoms with Crippen LogP contribution in [0.25, 0.3) is 11.4 Å². The van der Waals surface area contributed by atoms with E-state index in [1.807, 2.05) is 45.0 Å². The van der Waals surface area contributed by atoms with E-state index in [4.69, 9.17) is 16.3 Å². The number of hydrogen-bond acceptors (Lipinski definition) is 4. The van der Waals surface area contributed by atoms with Gasteiger partial charge < -0.3 is 9.64 Å². The van der Waals surface area contributed by atoms with Crippen LogP contribution in [0, 0.1) is 0 Å². The zero-order valence-electron chi connectivity index (χ0n) is 14.8. The van der Waals surface area contributed by atoms with Crippen molar-refractivity contribution in [1.29, 1.82) is 0 Å². The minimum absolute atomic E-state index is 0.245. The van der Waals surface area contributed by atoms with Gasteiger partial charge in [-0.3, -0.25) is 5.10 Å². The molecule has 1 fully saturated rings. The van der Waals surface area contributed by atoms with Crippen molar-refractivity contribution in [1.82, 2.24) is 20.1 Å². The Kier molecular flexibility index (Phi) is 4.99. The Morgan fingerprint density at radius 3 is 2.48 bits per heavy atom. The van der Waals surface area contributed by atoms with E-state index < -0.39 is 5.60 Å². The summed E-state index contributed by atoms with van der Waals surface area (Å²) in [6.45, 7) is 6.96. The Balaban J connectivity index is 1.60. The van der Waals surface area contributed by atoms with Crippen LogP contribution in [-0.4, -0.2) is 44.9 Å². The molecule has 1 N–H and O–H groups in total. The summed E-state index contributed by atoms with van der Waals surface area (Å²) in [4.78, 5) is 18.5. The van der Waals surface area contributed by atoms with E-state index in [2.05, 4.69) is 15.2 Å². The van der Waals surface area contributed by atoms with Gasteiger partial charge in [-0.05, 0) is 57.9 Å². The molecule has 1 aromatic heterocycles. The molecular formula is C18H23ClN4O2. The van der Waals surface area contributed by atoms with E-state index >= 15 is 0 Å². The molecule has 1 aliphatic rings. The predicted molar refractivity (Wildman–Crippen MR) is 96.6 cm³/mol. The smallest absolute Gasteiger partial charge is 0.410 e. The van der Waals surface area contributed by atoms with Crippen molar-refractivity contribution in [3.05, 3.63) is 35.1 Å². The lowest BCUT2D eigenvalue weighted by Gasteiger charge is -2.32. The van der Waals surface area contributed by atoms with Crippen LogP contribution in [0.5, 0.6) is 0 Å². The van der Waals surface area contributed by atoms with Crippen molar-refractivity contribution in [3.63, 3.8) is 0 Å². The number of nitrogens with one attached hydrogen (secondary N) is 1. The van der Waals surface area contributed by atoms with Gasteiger partial charge in [0, 0.05) is 29.6 Å². The summed E-state index contributed by atoms with van der Waals surface area (Å²) < 4.78 is 5.43. The minimum Gasteiger partial charge on any atom is -0.444 e. The Hall–Kier alpha value is -2.08. The molecule has 0 unspecified atom stereocenters. The van der Waals surface area contributed by atoms with Crippen LogP contribution in [0.15, 0.2) is 24.3 Å². The van der Waals surface area contributed by atoms with Gasteiger partial charge in [0.25, 0.3) is 0 Å². The van der Waals surface area contributed by atoms with E-state index in [0.717, 1.165) is 24.2 Å². The second-order valence-corrected chi connectivity index (χ2v) is 7.73. The van der Waals surface area contributed by atoms with Crippen molar-refractivity contribution in [3.8, 4) is 11.4 Å². The summed E-state index contributed by atoms with van der Waals surface area (Å²) in [5.41, 5.74) is 0.463. The van der Waals surface area contributed by atoms with Crippen LogP contribution in [0.4, 0.5) is 4.79 Å². The number of H-pyrrole nitrogens is 1. The summed E-state index contributed by atoms with van der Waals surface area (Å²) in [7, 11) is 0. The number of halogens is 1. The first-order chi connectivity index (χ1) is 11.8. The zero-order chi connectivity index (χ0) is 18.0. The second kappa shape index (κ2) is 7.04. The maximum atomic E-state index is 12.1. The molecule has 0 atom stereocenters. The van der Waals surface area contributed by atoms with Gasteiger partial charge in [0.05, 0.1) is 0 Å². The fraction of sp³-hybridized carbons (Fsp3) is 0.500. The average Bonchev–Trinajstić information content (AvgIpc) is 3.04. The normalized spacial score (nSPS) is 16.1. The van der Waals surface area contributed by atoms with E-state index in [-0.39, 0.29) is 12.0 Å². The molecule has 0 aliphatic carbocycles. The second-order valence-electron chi connectivity index (χ2n) is 7.29. The lowest BCUT2D eigenvalue weighted by Crippen LogP contribution is -2.41. The molecule has 1 amide bonds. The quantitative estimate of drug-likeness (QED) is 0.867. The van der Waals surface area contributed by atoms with Gasteiger partial charge in [0.1, 0.15) is 11.4 Å². The molecule has 3 rings (SSSR count). The molecule has 2 aromatic rings. The highest BCUT2D eigenvalue weighted by Gasteiger charge is 2.28. The van der Waals surface area contributed by atoms with Crippen LogP contribution in [0.1, 0.15) is 45.4 Å². The topological polar surface area (TPSA) is 71.1 Å². The third-order valence-corrected chi connectivity index (χ3v) is 4.39. The van der Waals surface area contributed by atoms with Gasteiger partial charge in [-0.2, -0.15) is 5.10 Å². The number of aromatic amines is 1. The lowest BCUT2D eigenvalue weighted by molar-refractivity contribution is 0.0203. The van der Waals surface area contributed by atoms with Crippen LogP contribution in [0.2, 0.25) is 5.02 Å². The highest BCUT2D eigenvalue weighted by Crippen LogP contribution is 2.28. The molecular weight excluding hydrogens is 340 g/mol. The van der Waals surface area contributed by atoms with E-state index in [0.29, 0.717) is 23.9 Å². The zero-order valence-corrected chi connectivity index (χ0v) is 15.5. The van der Waals surface area contributed by atoms with Gasteiger partial charge in [0.2, 0.25) is 0 Å². The Labute approximate surface area is 152 Å². The first-order valence-electron chi connectivity index (χ1n) is 8.48. The molecule has 2 heterocycles. The molecule has 0 spiro atoms. The number of likely N-dealkylation sites (tertiary alicyclic amines) is 1. The largest absolute Gasteiger partial charge is 0.444 e. The molecule has 0 bridgehead atoms. The summed E-state index contributed by atoms with van der Waals surface area (Å²) in [5.74, 6) is 1.81. The third kappa shape index (κ3) is 4.51. The van der Waals surface area contributed by atoms with E-state index in [1.165, 1.54) is 0 Å². The lowest BCUT2D eigenvalue weighted by atomic mass is 9.96. The molecule has 0 saturated carbocycles. The van der Waals surface area contributed by atoms with Crippen molar-refractivity contribution in [2.75, 3.05) is 13.1 Å². The molecule has 1 aliphatic heterocycles. The van der Waals surface area contributed by atoms with Crippen molar-refractivity contribution < 1.29 is 9.53 Å². The monoisotopic (exact) mass is 362 g/mol. The fourth-order valence-electron chi connectivity index (χ4n) is 2.85. The molecule has 1 aromatic carbocycles. The Bertz CT molecular complexity index is 728. The first-order valence-corrected chi connectivity index (χ1v) is 8.86. The number of ether oxygens (including phenoxy) is 1. The fourth-order valence-corrected chi connectivity index (χ4v) is 2.97. The standard InChI is InChI=1S/C18H23ClN4O2/c1-18(2,3)25-17(24)23-10-8-13(9-11-23)16-20-15(21-22-16)12-4-6-14(19)7-5-12/h4-7,13H,8-11H2,1-3H3,(H,20,21,22). The summed E-state index contributed by atoms with van der Waals surface area (Å²) in [5, 5.41) is 8.04. The number of nitrogens with zero attached hydrogens (tertiary/aromatic N) is 3. The van der Waals surface area contributed by atoms with Gasteiger partial charge >= 0.3 is 6.09 Å². The molecule has 134 valence electrons. The van der Waals surface area contributed by atoms with Crippen molar-refractivity contribution >= 4 is 17.7 Å². The molecule has 1 saturated heterocycles. The summed E-state index contributed by atoms with van der Waals surface area (Å²) >= 11 is 5.91. The molecule has 25 heavy (non-hydrogen) atoms. The number of aromatic nitrogens is 3. The number of carbonyl (C=O) groups is 1. The van der Waals surface area contributed by atoms with E-state index in [1.54, 1.807) is 4.90 Å². The number of amides is 1. The van der Waals surface area contributed by atoms with E-state index in [9.17, 15) is 4.79 Å². The Morgan fingerprint density at radius 2 is 1.88 bits per heavy atom. The van der Waals surface area contributed by atoms with Gasteiger partial charge in [-0.15, -0.1) is 0 Å².